The van der Waals surface area contributed by atoms with Crippen LogP contribution in [0.4, 0.5) is 5.69 Å². The quantitative estimate of drug-likeness (QED) is 0.766. The molecule has 25 heavy (non-hydrogen) atoms. The standard InChI is InChI=1S/C19H19N3O3/c1-24-17-7-6-12(18-20-14-4-2-3-5-15(14)21-18)10-16(17)22-19(23)13-8-9-25-11-13/h2-7,10,13H,8-9,11H2,1H3,(H,20,21)(H,22,23)/t13-/m0/s1. The number of nitrogens with zero attached hydrogens (tertiary/aromatic N) is 1. The molecule has 1 atom stereocenters. The first-order chi connectivity index (χ1) is 12.2. The minimum Gasteiger partial charge on any atom is -0.495 e. The number of amides is 1. The minimum atomic E-state index is -0.112. The van der Waals surface area contributed by atoms with Crippen molar-refractivity contribution in [2.75, 3.05) is 25.6 Å². The molecule has 6 nitrogen and oxygen atoms in total. The molecular formula is C19H19N3O3. The van der Waals surface area contributed by atoms with Gasteiger partial charge in [0.15, 0.2) is 0 Å². The number of ether oxygens (including phenoxy) is 2. The molecule has 1 aliphatic rings. The Labute approximate surface area is 145 Å². The van der Waals surface area contributed by atoms with Crippen molar-refractivity contribution in [3.05, 3.63) is 42.5 Å². The van der Waals surface area contributed by atoms with Crippen LogP contribution in [0.15, 0.2) is 42.5 Å². The topological polar surface area (TPSA) is 76.2 Å². The van der Waals surface area contributed by atoms with E-state index in [1.807, 2.05) is 42.5 Å². The number of carbonyl (C=O) groups is 1. The Hall–Kier alpha value is -2.86. The van der Waals surface area contributed by atoms with Crippen LogP contribution in [0.5, 0.6) is 5.75 Å². The molecule has 1 aliphatic heterocycles. The van der Waals surface area contributed by atoms with Crippen LogP contribution in [0.25, 0.3) is 22.4 Å². The van der Waals surface area contributed by atoms with Gasteiger partial charge in [-0.25, -0.2) is 4.98 Å². The van der Waals surface area contributed by atoms with E-state index in [2.05, 4.69) is 15.3 Å². The third-order valence-corrected chi connectivity index (χ3v) is 4.42. The number of imidazole rings is 1. The predicted molar refractivity (Wildman–Crippen MR) is 95.6 cm³/mol. The second-order valence-electron chi connectivity index (χ2n) is 6.07. The maximum atomic E-state index is 12.4. The summed E-state index contributed by atoms with van der Waals surface area (Å²) in [6.45, 7) is 1.10. The monoisotopic (exact) mass is 337 g/mol. The molecule has 0 bridgehead atoms. The first-order valence-corrected chi connectivity index (χ1v) is 8.26. The number of aromatic nitrogens is 2. The van der Waals surface area contributed by atoms with Crippen molar-refractivity contribution in [2.45, 2.75) is 6.42 Å². The fourth-order valence-corrected chi connectivity index (χ4v) is 3.02. The summed E-state index contributed by atoms with van der Waals surface area (Å²) < 4.78 is 10.7. The third kappa shape index (κ3) is 3.08. The molecule has 0 aliphatic carbocycles. The SMILES string of the molecule is COc1ccc(-c2nc3ccccc3[nH]2)cc1NC(=O)[C@H]1CCOC1. The van der Waals surface area contributed by atoms with E-state index in [1.54, 1.807) is 7.11 Å². The summed E-state index contributed by atoms with van der Waals surface area (Å²) in [5, 5.41) is 2.96. The molecule has 2 aromatic carbocycles. The molecule has 1 fully saturated rings. The van der Waals surface area contributed by atoms with Gasteiger partial charge in [-0.15, -0.1) is 0 Å². The third-order valence-electron chi connectivity index (χ3n) is 4.42. The lowest BCUT2D eigenvalue weighted by atomic mass is 10.1. The van der Waals surface area contributed by atoms with Crippen LogP contribution in [0.3, 0.4) is 0 Å². The molecule has 2 N–H and O–H groups in total. The maximum absolute atomic E-state index is 12.4. The van der Waals surface area contributed by atoms with Crippen LogP contribution in [-0.2, 0) is 9.53 Å². The van der Waals surface area contributed by atoms with Gasteiger partial charge >= 0.3 is 0 Å². The van der Waals surface area contributed by atoms with Gasteiger partial charge in [-0.05, 0) is 36.8 Å². The van der Waals surface area contributed by atoms with Gasteiger partial charge in [0.05, 0.1) is 36.4 Å². The van der Waals surface area contributed by atoms with Gasteiger partial charge in [0.2, 0.25) is 5.91 Å². The van der Waals surface area contributed by atoms with E-state index in [-0.39, 0.29) is 11.8 Å². The first-order valence-electron chi connectivity index (χ1n) is 8.26. The van der Waals surface area contributed by atoms with Crippen LogP contribution in [0.2, 0.25) is 0 Å². The van der Waals surface area contributed by atoms with Gasteiger partial charge in [-0.3, -0.25) is 4.79 Å². The van der Waals surface area contributed by atoms with E-state index in [0.29, 0.717) is 24.7 Å². The highest BCUT2D eigenvalue weighted by Gasteiger charge is 2.24. The van der Waals surface area contributed by atoms with Crippen LogP contribution in [0, 0.1) is 5.92 Å². The summed E-state index contributed by atoms with van der Waals surface area (Å²) in [6.07, 6.45) is 0.747. The van der Waals surface area contributed by atoms with E-state index in [1.165, 1.54) is 0 Å². The Morgan fingerprint density at radius 3 is 2.96 bits per heavy atom. The van der Waals surface area contributed by atoms with Gasteiger partial charge in [-0.1, -0.05) is 12.1 Å². The van der Waals surface area contributed by atoms with E-state index >= 15 is 0 Å². The fraction of sp³-hybridized carbons (Fsp3) is 0.263. The Morgan fingerprint density at radius 2 is 2.20 bits per heavy atom. The summed E-state index contributed by atoms with van der Waals surface area (Å²) >= 11 is 0. The molecule has 4 rings (SSSR count). The normalized spacial score (nSPS) is 16.9. The van der Waals surface area contributed by atoms with Gasteiger partial charge in [0, 0.05) is 12.2 Å². The predicted octanol–water partition coefficient (Wildman–Crippen LogP) is 3.21. The number of H-pyrrole nitrogens is 1. The molecule has 3 aromatic rings. The molecule has 1 aromatic heterocycles. The zero-order valence-electron chi connectivity index (χ0n) is 13.9. The Kier molecular flexibility index (Phi) is 4.11. The lowest BCUT2D eigenvalue weighted by Crippen LogP contribution is -2.23. The van der Waals surface area contributed by atoms with Gasteiger partial charge in [0.25, 0.3) is 0 Å². The van der Waals surface area contributed by atoms with Crippen molar-refractivity contribution in [2.24, 2.45) is 5.92 Å². The number of nitrogens with one attached hydrogen (secondary N) is 2. The van der Waals surface area contributed by atoms with Gasteiger partial charge in [0.1, 0.15) is 11.6 Å². The molecule has 0 saturated carbocycles. The molecular weight excluding hydrogens is 318 g/mol. The number of rotatable bonds is 4. The number of benzene rings is 2. The Bertz CT molecular complexity index is 880. The van der Waals surface area contributed by atoms with Crippen molar-refractivity contribution in [1.29, 1.82) is 0 Å². The van der Waals surface area contributed by atoms with Crippen LogP contribution < -0.4 is 10.1 Å². The van der Waals surface area contributed by atoms with Crippen LogP contribution in [0.1, 0.15) is 6.42 Å². The van der Waals surface area contributed by atoms with Crippen molar-refractivity contribution in [3.63, 3.8) is 0 Å². The maximum Gasteiger partial charge on any atom is 0.230 e. The average Bonchev–Trinajstić information content (AvgIpc) is 3.31. The zero-order chi connectivity index (χ0) is 17.2. The number of para-hydroxylation sites is 2. The number of methoxy groups -OCH3 is 1. The second kappa shape index (κ2) is 6.57. The smallest absolute Gasteiger partial charge is 0.230 e. The molecule has 6 heteroatoms. The highest BCUT2D eigenvalue weighted by Crippen LogP contribution is 2.31. The van der Waals surface area contributed by atoms with E-state index in [0.717, 1.165) is 28.8 Å². The molecule has 0 radical (unpaired) electrons. The Morgan fingerprint density at radius 1 is 1.32 bits per heavy atom. The molecule has 2 heterocycles. The van der Waals surface area contributed by atoms with E-state index < -0.39 is 0 Å². The zero-order valence-corrected chi connectivity index (χ0v) is 13.9. The molecule has 1 saturated heterocycles. The molecule has 1 amide bonds. The van der Waals surface area contributed by atoms with Crippen LogP contribution in [-0.4, -0.2) is 36.2 Å². The van der Waals surface area contributed by atoms with Crippen molar-refractivity contribution < 1.29 is 14.3 Å². The Balaban J connectivity index is 1.66. The van der Waals surface area contributed by atoms with Gasteiger partial charge in [-0.2, -0.15) is 0 Å². The van der Waals surface area contributed by atoms with Crippen molar-refractivity contribution in [1.82, 2.24) is 9.97 Å². The number of anilines is 1. The number of fused-ring (bicyclic) bond motifs is 1. The summed E-state index contributed by atoms with van der Waals surface area (Å²) in [6, 6.07) is 13.5. The highest BCUT2D eigenvalue weighted by molar-refractivity contribution is 5.95. The summed E-state index contributed by atoms with van der Waals surface area (Å²) in [4.78, 5) is 20.3. The number of carbonyl (C=O) groups excluding carboxylic acids is 1. The van der Waals surface area contributed by atoms with Crippen molar-refractivity contribution >= 4 is 22.6 Å². The number of aromatic amines is 1. The largest absolute Gasteiger partial charge is 0.495 e. The summed E-state index contributed by atoms with van der Waals surface area (Å²) in [5.74, 6) is 1.22. The first kappa shape index (κ1) is 15.7. The minimum absolute atomic E-state index is 0.0439. The molecule has 128 valence electrons. The van der Waals surface area contributed by atoms with Gasteiger partial charge < -0.3 is 19.8 Å². The fourth-order valence-electron chi connectivity index (χ4n) is 3.02. The highest BCUT2D eigenvalue weighted by atomic mass is 16.5. The molecule has 0 spiro atoms. The lowest BCUT2D eigenvalue weighted by molar-refractivity contribution is -0.119. The van der Waals surface area contributed by atoms with E-state index in [9.17, 15) is 4.79 Å². The van der Waals surface area contributed by atoms with E-state index in [4.69, 9.17) is 9.47 Å². The van der Waals surface area contributed by atoms with Crippen molar-refractivity contribution in [3.8, 4) is 17.1 Å². The van der Waals surface area contributed by atoms with Crippen LogP contribution >= 0.6 is 0 Å². The lowest BCUT2D eigenvalue weighted by Gasteiger charge is -2.13. The average molecular weight is 337 g/mol. The summed E-state index contributed by atoms with van der Waals surface area (Å²) in [5.41, 5.74) is 3.40. The summed E-state index contributed by atoms with van der Waals surface area (Å²) in [7, 11) is 1.59. The number of hydrogen-bond donors (Lipinski definition) is 2. The molecule has 0 unspecified atom stereocenters. The second-order valence-corrected chi connectivity index (χ2v) is 6.07. The number of hydrogen-bond acceptors (Lipinski definition) is 4.